The number of nitrogen functional groups attached to an aromatic ring is 1. The molecule has 5 nitrogen and oxygen atoms in total. The zero-order valence-corrected chi connectivity index (χ0v) is 13.4. The molecule has 116 valence electrons. The summed E-state index contributed by atoms with van der Waals surface area (Å²) in [7, 11) is -3.18. The van der Waals surface area contributed by atoms with Gasteiger partial charge in [0.1, 0.15) is 0 Å². The average Bonchev–Trinajstić information content (AvgIpc) is 2.79. The van der Waals surface area contributed by atoms with Crippen LogP contribution < -0.4 is 5.73 Å². The van der Waals surface area contributed by atoms with Crippen LogP contribution in [0.2, 0.25) is 0 Å². The first-order valence-electron chi connectivity index (χ1n) is 7.14. The Morgan fingerprint density at radius 2 is 1.81 bits per heavy atom. The Bertz CT molecular complexity index is 577. The minimum Gasteiger partial charge on any atom is -0.399 e. The highest BCUT2D eigenvalue weighted by atomic mass is 32.2. The molecule has 2 N–H and O–H groups in total. The lowest BCUT2D eigenvalue weighted by Crippen LogP contribution is -2.46. The van der Waals surface area contributed by atoms with E-state index in [4.69, 9.17) is 10.5 Å². The highest BCUT2D eigenvalue weighted by molar-refractivity contribution is 8.00. The molecule has 0 amide bonds. The van der Waals surface area contributed by atoms with E-state index in [1.165, 1.54) is 0 Å². The monoisotopic (exact) mass is 328 g/mol. The molecule has 2 heterocycles. The van der Waals surface area contributed by atoms with E-state index in [0.29, 0.717) is 18.8 Å². The zero-order valence-electron chi connectivity index (χ0n) is 11.8. The quantitative estimate of drug-likeness (QED) is 0.656. The van der Waals surface area contributed by atoms with Crippen molar-refractivity contribution in [2.24, 2.45) is 0 Å². The first kappa shape index (κ1) is 15.1. The van der Waals surface area contributed by atoms with Gasteiger partial charge < -0.3 is 10.5 Å². The molecule has 0 radical (unpaired) electrons. The molecular formula is C14H20N2O3S2. The molecule has 2 aliphatic heterocycles. The van der Waals surface area contributed by atoms with E-state index >= 15 is 0 Å². The Labute approximate surface area is 129 Å². The Balaban J connectivity index is 1.53. The maximum Gasteiger partial charge on any atom is 0.215 e. The second-order valence-electron chi connectivity index (χ2n) is 5.51. The molecule has 2 bridgehead atoms. The number of ether oxygens (including phenoxy) is 1. The number of thioether (sulfide) groups is 1. The van der Waals surface area contributed by atoms with Crippen molar-refractivity contribution in [2.75, 3.05) is 30.3 Å². The predicted octanol–water partition coefficient (Wildman–Crippen LogP) is 1.55. The third-order valence-corrected chi connectivity index (χ3v) is 6.97. The van der Waals surface area contributed by atoms with Crippen LogP contribution in [0.25, 0.3) is 0 Å². The molecule has 7 heteroatoms. The van der Waals surface area contributed by atoms with Crippen molar-refractivity contribution in [3.05, 3.63) is 24.3 Å². The van der Waals surface area contributed by atoms with Crippen molar-refractivity contribution in [2.45, 2.75) is 29.9 Å². The molecule has 21 heavy (non-hydrogen) atoms. The van der Waals surface area contributed by atoms with Gasteiger partial charge in [-0.05, 0) is 37.1 Å². The van der Waals surface area contributed by atoms with Crippen molar-refractivity contribution in [3.63, 3.8) is 0 Å². The first-order valence-corrected chi connectivity index (χ1v) is 9.74. The highest BCUT2D eigenvalue weighted by Gasteiger charge is 2.38. The summed E-state index contributed by atoms with van der Waals surface area (Å²) in [5, 5.41) is 0. The lowest BCUT2D eigenvalue weighted by Gasteiger charge is -2.31. The van der Waals surface area contributed by atoms with Crippen molar-refractivity contribution in [3.8, 4) is 0 Å². The minimum absolute atomic E-state index is 0.100. The van der Waals surface area contributed by atoms with Crippen LogP contribution in [0.1, 0.15) is 12.8 Å². The van der Waals surface area contributed by atoms with Gasteiger partial charge in [-0.2, -0.15) is 4.31 Å². The number of nitrogens with two attached hydrogens (primary N) is 1. The Kier molecular flexibility index (Phi) is 4.44. The average molecular weight is 328 g/mol. The standard InChI is InChI=1S/C14H20N2O3S2/c15-11-1-5-14(6-2-11)20-7-8-21(17,18)16-9-12-3-4-13(10-16)19-12/h1-2,5-6,12-13H,3-4,7-10,15H2. The van der Waals surface area contributed by atoms with Gasteiger partial charge in [-0.25, -0.2) is 8.42 Å². The highest BCUT2D eigenvalue weighted by Crippen LogP contribution is 2.28. The maximum absolute atomic E-state index is 12.4. The van der Waals surface area contributed by atoms with Crippen LogP contribution in [0.3, 0.4) is 0 Å². The van der Waals surface area contributed by atoms with E-state index in [-0.39, 0.29) is 18.0 Å². The smallest absolute Gasteiger partial charge is 0.215 e. The van der Waals surface area contributed by atoms with Gasteiger partial charge in [0.05, 0.1) is 18.0 Å². The fourth-order valence-electron chi connectivity index (χ4n) is 2.76. The van der Waals surface area contributed by atoms with Gasteiger partial charge in [0.2, 0.25) is 10.0 Å². The number of anilines is 1. The molecule has 0 spiro atoms. The van der Waals surface area contributed by atoms with E-state index in [9.17, 15) is 8.42 Å². The summed E-state index contributed by atoms with van der Waals surface area (Å²) in [6, 6.07) is 7.50. The molecule has 0 aromatic heterocycles. The van der Waals surface area contributed by atoms with Crippen molar-refractivity contribution < 1.29 is 13.2 Å². The zero-order chi connectivity index (χ0) is 14.9. The van der Waals surface area contributed by atoms with Gasteiger partial charge in [0, 0.05) is 29.4 Å². The second kappa shape index (κ2) is 6.16. The molecule has 1 aromatic carbocycles. The molecule has 2 unspecified atom stereocenters. The SMILES string of the molecule is Nc1ccc(SCCS(=O)(=O)N2CC3CCC(C2)O3)cc1. The summed E-state index contributed by atoms with van der Waals surface area (Å²) in [5.74, 6) is 0.723. The molecule has 2 atom stereocenters. The van der Waals surface area contributed by atoms with E-state index < -0.39 is 10.0 Å². The van der Waals surface area contributed by atoms with E-state index in [1.807, 2.05) is 24.3 Å². The predicted molar refractivity (Wildman–Crippen MR) is 84.8 cm³/mol. The van der Waals surface area contributed by atoms with Crippen LogP contribution in [0, 0.1) is 0 Å². The van der Waals surface area contributed by atoms with Crippen LogP contribution in [0.5, 0.6) is 0 Å². The topological polar surface area (TPSA) is 72.6 Å². The van der Waals surface area contributed by atoms with E-state index in [0.717, 1.165) is 23.4 Å². The number of nitrogens with zero attached hydrogens (tertiary/aromatic N) is 1. The van der Waals surface area contributed by atoms with E-state index in [1.54, 1.807) is 16.1 Å². The molecule has 3 rings (SSSR count). The second-order valence-corrected chi connectivity index (χ2v) is 8.76. The van der Waals surface area contributed by atoms with Crippen molar-refractivity contribution >= 4 is 27.5 Å². The number of morpholine rings is 1. The normalized spacial score (nSPS) is 26.1. The van der Waals surface area contributed by atoms with Gasteiger partial charge >= 0.3 is 0 Å². The third-order valence-electron chi connectivity index (χ3n) is 3.89. The summed E-state index contributed by atoms with van der Waals surface area (Å²) in [6.45, 7) is 1.04. The van der Waals surface area contributed by atoms with Gasteiger partial charge in [-0.1, -0.05) is 0 Å². The molecule has 2 aliphatic rings. The lowest BCUT2D eigenvalue weighted by atomic mass is 10.2. The van der Waals surface area contributed by atoms with Gasteiger partial charge in [0.15, 0.2) is 0 Å². The molecule has 0 aliphatic carbocycles. The van der Waals surface area contributed by atoms with Gasteiger partial charge in [0.25, 0.3) is 0 Å². The number of rotatable bonds is 5. The van der Waals surface area contributed by atoms with Gasteiger partial charge in [-0.3, -0.25) is 0 Å². The van der Waals surface area contributed by atoms with E-state index in [2.05, 4.69) is 0 Å². The molecular weight excluding hydrogens is 308 g/mol. The minimum atomic E-state index is -3.18. The molecule has 0 saturated carbocycles. The first-order chi connectivity index (χ1) is 10.0. The van der Waals surface area contributed by atoms with Crippen LogP contribution in [0.4, 0.5) is 5.69 Å². The van der Waals surface area contributed by atoms with Crippen LogP contribution in [-0.4, -0.2) is 49.5 Å². The number of hydrogen-bond acceptors (Lipinski definition) is 5. The number of sulfonamides is 1. The van der Waals surface area contributed by atoms with Crippen LogP contribution in [0.15, 0.2) is 29.2 Å². The third kappa shape index (κ3) is 3.71. The Morgan fingerprint density at radius 3 is 2.43 bits per heavy atom. The molecule has 2 saturated heterocycles. The van der Waals surface area contributed by atoms with Crippen LogP contribution in [-0.2, 0) is 14.8 Å². The van der Waals surface area contributed by atoms with Gasteiger partial charge in [-0.15, -0.1) is 11.8 Å². The Hall–Kier alpha value is -0.760. The fraction of sp³-hybridized carbons (Fsp3) is 0.571. The molecule has 2 fully saturated rings. The number of hydrogen-bond donors (Lipinski definition) is 1. The molecule has 1 aromatic rings. The maximum atomic E-state index is 12.4. The summed E-state index contributed by atoms with van der Waals surface area (Å²) >= 11 is 1.54. The number of fused-ring (bicyclic) bond motifs is 2. The fourth-order valence-corrected chi connectivity index (χ4v) is 5.55. The number of benzene rings is 1. The summed E-state index contributed by atoms with van der Waals surface area (Å²) in [6.07, 6.45) is 2.17. The van der Waals surface area contributed by atoms with Crippen molar-refractivity contribution in [1.29, 1.82) is 0 Å². The van der Waals surface area contributed by atoms with Crippen LogP contribution >= 0.6 is 11.8 Å². The lowest BCUT2D eigenvalue weighted by molar-refractivity contribution is -0.0114. The summed E-state index contributed by atoms with van der Waals surface area (Å²) in [4.78, 5) is 1.04. The summed E-state index contributed by atoms with van der Waals surface area (Å²) < 4.78 is 32.1. The van der Waals surface area contributed by atoms with Crippen molar-refractivity contribution in [1.82, 2.24) is 4.31 Å². The summed E-state index contributed by atoms with van der Waals surface area (Å²) in [5.41, 5.74) is 6.35. The Morgan fingerprint density at radius 1 is 1.19 bits per heavy atom. The largest absolute Gasteiger partial charge is 0.399 e.